The molecule has 2 aromatic heterocycles. The number of pyridine rings is 1. The van der Waals surface area contributed by atoms with E-state index in [0.717, 1.165) is 18.2 Å². The van der Waals surface area contributed by atoms with Crippen molar-refractivity contribution in [3.8, 4) is 0 Å². The SMILES string of the molecule is Cc1noc([C@@H]2CCCN(C(=O)c3cc(=O)[nH]c4ccccc34)C2)n1. The number of para-hydroxylation sites is 1. The minimum atomic E-state index is -0.275. The van der Waals surface area contributed by atoms with Gasteiger partial charge in [-0.05, 0) is 25.8 Å². The van der Waals surface area contributed by atoms with E-state index in [-0.39, 0.29) is 17.4 Å². The number of H-pyrrole nitrogens is 1. The summed E-state index contributed by atoms with van der Waals surface area (Å²) < 4.78 is 5.27. The second-order valence-corrected chi connectivity index (χ2v) is 6.36. The number of carbonyl (C=O) groups excluding carboxylic acids is 1. The lowest BCUT2D eigenvalue weighted by atomic mass is 9.97. The summed E-state index contributed by atoms with van der Waals surface area (Å²) in [5.74, 6) is 1.07. The maximum atomic E-state index is 13.1. The van der Waals surface area contributed by atoms with Gasteiger partial charge in [-0.25, -0.2) is 0 Å². The number of aromatic amines is 1. The van der Waals surface area contributed by atoms with Crippen LogP contribution >= 0.6 is 0 Å². The van der Waals surface area contributed by atoms with Gasteiger partial charge in [0.1, 0.15) is 0 Å². The number of benzene rings is 1. The third-order valence-electron chi connectivity index (χ3n) is 4.58. The quantitative estimate of drug-likeness (QED) is 0.773. The van der Waals surface area contributed by atoms with E-state index in [2.05, 4.69) is 15.1 Å². The first-order valence-electron chi connectivity index (χ1n) is 8.33. The smallest absolute Gasteiger partial charge is 0.254 e. The molecule has 0 bridgehead atoms. The molecule has 0 saturated carbocycles. The average molecular weight is 338 g/mol. The number of hydrogen-bond acceptors (Lipinski definition) is 5. The highest BCUT2D eigenvalue weighted by Gasteiger charge is 2.29. The molecule has 1 aromatic carbocycles. The van der Waals surface area contributed by atoms with Crippen LogP contribution in [0.5, 0.6) is 0 Å². The zero-order chi connectivity index (χ0) is 17.4. The van der Waals surface area contributed by atoms with Crippen LogP contribution in [-0.2, 0) is 0 Å². The van der Waals surface area contributed by atoms with Crippen molar-refractivity contribution < 1.29 is 9.32 Å². The molecule has 25 heavy (non-hydrogen) atoms. The minimum Gasteiger partial charge on any atom is -0.339 e. The second-order valence-electron chi connectivity index (χ2n) is 6.36. The van der Waals surface area contributed by atoms with Gasteiger partial charge in [-0.3, -0.25) is 9.59 Å². The fraction of sp³-hybridized carbons (Fsp3) is 0.333. The zero-order valence-electron chi connectivity index (χ0n) is 13.9. The maximum absolute atomic E-state index is 13.1. The highest BCUT2D eigenvalue weighted by molar-refractivity contribution is 6.06. The molecule has 0 radical (unpaired) electrons. The maximum Gasteiger partial charge on any atom is 0.254 e. The summed E-state index contributed by atoms with van der Waals surface area (Å²) in [6, 6.07) is 8.72. The number of likely N-dealkylation sites (tertiary alicyclic amines) is 1. The third kappa shape index (κ3) is 2.93. The number of piperidine rings is 1. The van der Waals surface area contributed by atoms with Gasteiger partial charge < -0.3 is 14.4 Å². The lowest BCUT2D eigenvalue weighted by Crippen LogP contribution is -2.39. The average Bonchev–Trinajstić information content (AvgIpc) is 3.07. The first-order valence-corrected chi connectivity index (χ1v) is 8.33. The van der Waals surface area contributed by atoms with Gasteiger partial charge in [-0.15, -0.1) is 0 Å². The predicted octanol–water partition coefficient (Wildman–Crippen LogP) is 2.24. The number of aryl methyl sites for hydroxylation is 1. The summed E-state index contributed by atoms with van der Waals surface area (Å²) in [5, 5.41) is 4.59. The van der Waals surface area contributed by atoms with Gasteiger partial charge in [0.25, 0.3) is 5.91 Å². The summed E-state index contributed by atoms with van der Waals surface area (Å²) in [6.45, 7) is 2.95. The molecule has 1 saturated heterocycles. The Morgan fingerprint density at radius 1 is 1.36 bits per heavy atom. The van der Waals surface area contributed by atoms with E-state index in [9.17, 15) is 9.59 Å². The lowest BCUT2D eigenvalue weighted by molar-refractivity contribution is 0.0697. The Labute approximate surface area is 143 Å². The Hall–Kier alpha value is -2.96. The van der Waals surface area contributed by atoms with Gasteiger partial charge in [0.05, 0.1) is 11.5 Å². The lowest BCUT2D eigenvalue weighted by Gasteiger charge is -2.31. The van der Waals surface area contributed by atoms with E-state index in [4.69, 9.17) is 4.52 Å². The van der Waals surface area contributed by atoms with Crippen molar-refractivity contribution in [2.45, 2.75) is 25.7 Å². The number of aromatic nitrogens is 3. The monoisotopic (exact) mass is 338 g/mol. The number of amides is 1. The topological polar surface area (TPSA) is 92.1 Å². The molecule has 7 nitrogen and oxygen atoms in total. The molecular weight excluding hydrogens is 320 g/mol. The van der Waals surface area contributed by atoms with E-state index >= 15 is 0 Å². The fourth-order valence-electron chi connectivity index (χ4n) is 3.39. The van der Waals surface area contributed by atoms with Crippen LogP contribution in [0.15, 0.2) is 39.6 Å². The van der Waals surface area contributed by atoms with Gasteiger partial charge in [0.15, 0.2) is 5.82 Å². The molecule has 1 fully saturated rings. The molecule has 3 heterocycles. The Kier molecular flexibility index (Phi) is 3.83. The van der Waals surface area contributed by atoms with E-state index in [0.29, 0.717) is 35.9 Å². The van der Waals surface area contributed by atoms with Gasteiger partial charge in [-0.2, -0.15) is 4.98 Å². The number of nitrogens with zero attached hydrogens (tertiary/aromatic N) is 3. The molecule has 0 aliphatic carbocycles. The summed E-state index contributed by atoms with van der Waals surface area (Å²) in [4.78, 5) is 33.8. The van der Waals surface area contributed by atoms with E-state index in [1.807, 2.05) is 18.2 Å². The molecule has 128 valence electrons. The number of nitrogens with one attached hydrogen (secondary N) is 1. The Bertz CT molecular complexity index is 991. The van der Waals surface area contributed by atoms with Crippen LogP contribution in [0.1, 0.15) is 40.8 Å². The minimum absolute atomic E-state index is 0.0344. The molecule has 1 aliphatic heterocycles. The molecule has 1 atom stereocenters. The zero-order valence-corrected chi connectivity index (χ0v) is 13.9. The van der Waals surface area contributed by atoms with Crippen LogP contribution in [0.4, 0.5) is 0 Å². The van der Waals surface area contributed by atoms with E-state index < -0.39 is 0 Å². The number of rotatable bonds is 2. The van der Waals surface area contributed by atoms with Crippen LogP contribution < -0.4 is 5.56 Å². The van der Waals surface area contributed by atoms with Crippen LogP contribution in [0.2, 0.25) is 0 Å². The Morgan fingerprint density at radius 3 is 3.00 bits per heavy atom. The molecule has 1 aliphatic rings. The van der Waals surface area contributed by atoms with Gasteiger partial charge in [-0.1, -0.05) is 23.4 Å². The summed E-state index contributed by atoms with van der Waals surface area (Å²) >= 11 is 0. The van der Waals surface area contributed by atoms with Gasteiger partial charge >= 0.3 is 0 Å². The first kappa shape index (κ1) is 15.6. The first-order chi connectivity index (χ1) is 12.1. The molecule has 1 N–H and O–H groups in total. The number of fused-ring (bicyclic) bond motifs is 1. The molecule has 0 unspecified atom stereocenters. The Balaban J connectivity index is 1.66. The molecule has 3 aromatic rings. The molecular formula is C18H18N4O3. The van der Waals surface area contributed by atoms with Crippen LogP contribution in [-0.4, -0.2) is 39.0 Å². The number of hydrogen-bond donors (Lipinski definition) is 1. The third-order valence-corrected chi connectivity index (χ3v) is 4.58. The highest BCUT2D eigenvalue weighted by atomic mass is 16.5. The van der Waals surface area contributed by atoms with Crippen molar-refractivity contribution in [1.82, 2.24) is 20.0 Å². The summed E-state index contributed by atoms with van der Waals surface area (Å²) in [5.41, 5.74) is 0.823. The van der Waals surface area contributed by atoms with E-state index in [1.165, 1.54) is 6.07 Å². The Morgan fingerprint density at radius 2 is 2.20 bits per heavy atom. The number of carbonyl (C=O) groups is 1. The normalized spacial score (nSPS) is 17.8. The van der Waals surface area contributed by atoms with Crippen molar-refractivity contribution >= 4 is 16.8 Å². The predicted molar refractivity (Wildman–Crippen MR) is 91.5 cm³/mol. The van der Waals surface area contributed by atoms with Gasteiger partial charge in [0.2, 0.25) is 11.4 Å². The molecule has 4 rings (SSSR count). The molecule has 7 heteroatoms. The van der Waals surface area contributed by atoms with Crippen molar-refractivity contribution in [1.29, 1.82) is 0 Å². The largest absolute Gasteiger partial charge is 0.339 e. The summed E-state index contributed by atoms with van der Waals surface area (Å²) in [6.07, 6.45) is 1.76. The molecule has 0 spiro atoms. The molecule has 1 amide bonds. The van der Waals surface area contributed by atoms with Crippen molar-refractivity contribution in [2.75, 3.05) is 13.1 Å². The van der Waals surface area contributed by atoms with E-state index in [1.54, 1.807) is 17.9 Å². The van der Waals surface area contributed by atoms with Crippen molar-refractivity contribution in [3.05, 3.63) is 58.0 Å². The fourth-order valence-corrected chi connectivity index (χ4v) is 3.39. The van der Waals surface area contributed by atoms with Crippen LogP contribution in [0.25, 0.3) is 10.9 Å². The highest BCUT2D eigenvalue weighted by Crippen LogP contribution is 2.27. The second kappa shape index (κ2) is 6.16. The van der Waals surface area contributed by atoms with Gasteiger partial charge in [0, 0.05) is 30.1 Å². The van der Waals surface area contributed by atoms with Crippen molar-refractivity contribution in [2.24, 2.45) is 0 Å². The van der Waals surface area contributed by atoms with Crippen LogP contribution in [0.3, 0.4) is 0 Å². The summed E-state index contributed by atoms with van der Waals surface area (Å²) in [7, 11) is 0. The van der Waals surface area contributed by atoms with Crippen molar-refractivity contribution in [3.63, 3.8) is 0 Å². The van der Waals surface area contributed by atoms with Crippen LogP contribution in [0, 0.1) is 6.92 Å². The standard InChI is InChI=1S/C18H18N4O3/c1-11-19-17(25-21-11)12-5-4-8-22(10-12)18(24)14-9-16(23)20-15-7-3-2-6-13(14)15/h2-3,6-7,9,12H,4-5,8,10H2,1H3,(H,20,23)/t12-/m1/s1.